The zero-order valence-electron chi connectivity index (χ0n) is 3.63. The number of nitrogens with two attached hydrogens (primary N) is 2. The third-order valence-electron chi connectivity index (χ3n) is 0.249. The van der Waals surface area contributed by atoms with Crippen molar-refractivity contribution in [1.82, 2.24) is 5.01 Å². The van der Waals surface area contributed by atoms with Crippen molar-refractivity contribution in [2.24, 2.45) is 16.8 Å². The lowest BCUT2D eigenvalue weighted by Gasteiger charge is -1.97. The zero-order valence-corrected chi connectivity index (χ0v) is 3.63. The quantitative estimate of drug-likeness (QED) is 0.181. The molecule has 0 aliphatic rings. The molecule has 0 saturated heterocycles. The molecule has 0 amide bonds. The molecule has 0 aliphatic heterocycles. The largest absolute Gasteiger partial charge is 0.322 e. The van der Waals surface area contributed by atoms with Crippen molar-refractivity contribution in [3.63, 3.8) is 0 Å². The molecule has 0 fully saturated rings. The summed E-state index contributed by atoms with van der Waals surface area (Å²) in [5, 5.41) is 4.38. The molecular formula is C2H8N4. The molecule has 0 aliphatic carbocycles. The predicted octanol–water partition coefficient (Wildman–Crippen LogP) is -1.31. The summed E-state index contributed by atoms with van der Waals surface area (Å²) in [5.41, 5.74) is 0. The van der Waals surface area contributed by atoms with Crippen molar-refractivity contribution in [2.75, 3.05) is 7.05 Å². The van der Waals surface area contributed by atoms with Gasteiger partial charge in [0.2, 0.25) is 0 Å². The Bertz CT molecular complexity index is 47.5. The van der Waals surface area contributed by atoms with Crippen LogP contribution in [0.4, 0.5) is 0 Å². The second-order valence-corrected chi connectivity index (χ2v) is 0.930. The van der Waals surface area contributed by atoms with E-state index < -0.39 is 0 Å². The average Bonchev–Trinajstić information content (AvgIpc) is 1.35. The molecule has 0 aromatic heterocycles. The third kappa shape index (κ3) is 3.23. The van der Waals surface area contributed by atoms with Gasteiger partial charge in [-0.1, -0.05) is 0 Å². The van der Waals surface area contributed by atoms with Gasteiger partial charge in [-0.3, -0.25) is 0 Å². The Kier molecular flexibility index (Phi) is 2.15. The molecule has 0 atom stereocenters. The molecule has 0 bridgehead atoms. The zero-order chi connectivity index (χ0) is 4.99. The van der Waals surface area contributed by atoms with Gasteiger partial charge in [0.25, 0.3) is 0 Å². The van der Waals surface area contributed by atoms with Crippen LogP contribution in [0.3, 0.4) is 0 Å². The molecule has 0 spiro atoms. The van der Waals surface area contributed by atoms with Gasteiger partial charge in [0, 0.05) is 7.05 Å². The van der Waals surface area contributed by atoms with E-state index in [1.807, 2.05) is 0 Å². The maximum absolute atomic E-state index is 5.01. The summed E-state index contributed by atoms with van der Waals surface area (Å²) in [6, 6.07) is 0. The van der Waals surface area contributed by atoms with E-state index in [4.69, 9.17) is 5.84 Å². The van der Waals surface area contributed by atoms with Gasteiger partial charge in [0.05, 0.1) is 0 Å². The average molecular weight is 88.1 g/mol. The van der Waals surface area contributed by atoms with Crippen LogP contribution in [0.5, 0.6) is 0 Å². The summed E-state index contributed by atoms with van der Waals surface area (Å²) in [5.74, 6) is 9.68. The first-order chi connectivity index (χ1) is 2.77. The summed E-state index contributed by atoms with van der Waals surface area (Å²) < 4.78 is 0. The Morgan fingerprint density at radius 1 is 1.83 bits per heavy atom. The van der Waals surface area contributed by atoms with Crippen LogP contribution in [0, 0.1) is 0 Å². The van der Waals surface area contributed by atoms with Crippen molar-refractivity contribution in [2.45, 2.75) is 0 Å². The first-order valence-electron chi connectivity index (χ1n) is 1.48. The van der Waals surface area contributed by atoms with E-state index in [9.17, 15) is 0 Å². The van der Waals surface area contributed by atoms with Crippen LogP contribution >= 0.6 is 0 Å². The molecular weight excluding hydrogens is 80.1 g/mol. The van der Waals surface area contributed by atoms with Crippen LogP contribution in [0.15, 0.2) is 5.10 Å². The van der Waals surface area contributed by atoms with Gasteiger partial charge < -0.3 is 10.9 Å². The summed E-state index contributed by atoms with van der Waals surface area (Å²) in [6.07, 6.45) is 1.31. The highest BCUT2D eigenvalue weighted by molar-refractivity contribution is 5.52. The fourth-order valence-corrected chi connectivity index (χ4v) is 0.105. The topological polar surface area (TPSA) is 67.6 Å². The van der Waals surface area contributed by atoms with Crippen molar-refractivity contribution in [1.29, 1.82) is 0 Å². The molecule has 4 N–H and O–H groups in total. The second-order valence-electron chi connectivity index (χ2n) is 0.930. The molecule has 0 saturated carbocycles. The Balaban J connectivity index is 3.03. The second kappa shape index (κ2) is 2.47. The van der Waals surface area contributed by atoms with Gasteiger partial charge in [-0.25, -0.2) is 5.84 Å². The number of hydrogen-bond donors (Lipinski definition) is 2. The minimum atomic E-state index is 1.26. The minimum Gasteiger partial charge on any atom is -0.322 e. The molecule has 4 nitrogen and oxygen atoms in total. The Morgan fingerprint density at radius 2 is 2.33 bits per heavy atom. The number of nitrogens with zero attached hydrogens (tertiary/aromatic N) is 2. The maximum Gasteiger partial charge on any atom is 0.124 e. The Labute approximate surface area is 36.4 Å². The van der Waals surface area contributed by atoms with Gasteiger partial charge in [-0.05, 0) is 0 Å². The summed E-state index contributed by atoms with van der Waals surface area (Å²) in [6.45, 7) is 0. The number of hydrazone groups is 1. The van der Waals surface area contributed by atoms with Crippen molar-refractivity contribution in [3.05, 3.63) is 0 Å². The molecule has 0 unspecified atom stereocenters. The van der Waals surface area contributed by atoms with E-state index in [-0.39, 0.29) is 0 Å². The molecule has 0 rings (SSSR count). The maximum atomic E-state index is 5.01. The van der Waals surface area contributed by atoms with Crippen molar-refractivity contribution in [3.8, 4) is 0 Å². The van der Waals surface area contributed by atoms with Gasteiger partial charge in [-0.2, -0.15) is 5.10 Å². The van der Waals surface area contributed by atoms with Crippen molar-refractivity contribution >= 4 is 6.34 Å². The Morgan fingerprint density at radius 3 is 2.33 bits per heavy atom. The van der Waals surface area contributed by atoms with E-state index in [1.54, 1.807) is 7.05 Å². The fourth-order valence-electron chi connectivity index (χ4n) is 0.105. The summed E-state index contributed by atoms with van der Waals surface area (Å²) in [4.78, 5) is 0. The van der Waals surface area contributed by atoms with Crippen LogP contribution < -0.4 is 11.7 Å². The van der Waals surface area contributed by atoms with Crippen LogP contribution in [0.1, 0.15) is 0 Å². The van der Waals surface area contributed by atoms with Gasteiger partial charge >= 0.3 is 0 Å². The van der Waals surface area contributed by atoms with Crippen LogP contribution in [0.2, 0.25) is 0 Å². The molecule has 0 aromatic rings. The van der Waals surface area contributed by atoms with E-state index in [0.717, 1.165) is 0 Å². The van der Waals surface area contributed by atoms with Gasteiger partial charge in [-0.15, -0.1) is 0 Å². The minimum absolute atomic E-state index is 1.26. The van der Waals surface area contributed by atoms with Crippen LogP contribution in [-0.4, -0.2) is 18.4 Å². The molecule has 4 heteroatoms. The normalized spacial score (nSPS) is 9.67. The van der Waals surface area contributed by atoms with E-state index >= 15 is 0 Å². The highest BCUT2D eigenvalue weighted by Crippen LogP contribution is 1.49. The first-order valence-corrected chi connectivity index (χ1v) is 1.48. The summed E-state index contributed by atoms with van der Waals surface area (Å²) >= 11 is 0. The van der Waals surface area contributed by atoms with Gasteiger partial charge in [0.1, 0.15) is 6.34 Å². The fraction of sp³-hybridized carbons (Fsp3) is 0.500. The molecule has 0 heterocycles. The number of hydrazine groups is 1. The highest BCUT2D eigenvalue weighted by Gasteiger charge is 1.68. The van der Waals surface area contributed by atoms with Crippen LogP contribution in [0.25, 0.3) is 0 Å². The lowest BCUT2D eigenvalue weighted by atomic mass is 11.1. The van der Waals surface area contributed by atoms with Crippen LogP contribution in [-0.2, 0) is 0 Å². The number of hydrogen-bond acceptors (Lipinski definition) is 3. The third-order valence-corrected chi connectivity index (χ3v) is 0.249. The first kappa shape index (κ1) is 5.23. The van der Waals surface area contributed by atoms with E-state index in [1.165, 1.54) is 11.3 Å². The SMILES string of the molecule is CN(N)/C=N\N. The monoisotopic (exact) mass is 88.1 g/mol. The highest BCUT2D eigenvalue weighted by atomic mass is 15.4. The molecule has 0 radical (unpaired) electrons. The van der Waals surface area contributed by atoms with Crippen molar-refractivity contribution < 1.29 is 0 Å². The molecule has 6 heavy (non-hydrogen) atoms. The molecule has 0 aromatic carbocycles. The number of rotatable bonds is 1. The van der Waals surface area contributed by atoms with E-state index in [0.29, 0.717) is 0 Å². The lowest BCUT2D eigenvalue weighted by molar-refractivity contribution is 0.554. The summed E-state index contributed by atoms with van der Waals surface area (Å²) in [7, 11) is 1.64. The predicted molar refractivity (Wildman–Crippen MR) is 24.6 cm³/mol. The Hall–Kier alpha value is -0.770. The smallest absolute Gasteiger partial charge is 0.124 e. The standard InChI is InChI=1S/C2H8N4/c1-6(4)2-5-3/h2H,3-4H2,1H3/b5-2-. The lowest BCUT2D eigenvalue weighted by Crippen LogP contribution is -2.24. The van der Waals surface area contributed by atoms with E-state index in [2.05, 4.69) is 10.9 Å². The van der Waals surface area contributed by atoms with Gasteiger partial charge in [0.15, 0.2) is 0 Å². The molecule has 36 valence electrons.